The van der Waals surface area contributed by atoms with Gasteiger partial charge in [0.05, 0.1) is 13.0 Å². The van der Waals surface area contributed by atoms with E-state index < -0.39 is 30.4 Å². The molecule has 1 fully saturated rings. The highest BCUT2D eigenvalue weighted by Crippen LogP contribution is 2.30. The molecule has 0 bridgehead atoms. The lowest BCUT2D eigenvalue weighted by atomic mass is 9.91. The van der Waals surface area contributed by atoms with Crippen LogP contribution in [0.4, 0.5) is 0 Å². The second-order valence-corrected chi connectivity index (χ2v) is 7.41. The molecule has 0 spiro atoms. The number of ether oxygens (including phenoxy) is 1. The van der Waals surface area contributed by atoms with E-state index >= 15 is 0 Å². The van der Waals surface area contributed by atoms with Gasteiger partial charge in [-0.3, -0.25) is 4.79 Å². The van der Waals surface area contributed by atoms with Crippen LogP contribution in [0.1, 0.15) is 40.3 Å². The number of carboxylic acids is 1. The molecule has 2 aromatic carbocycles. The SMILES string of the molecule is Cc1ccc([C@@H]2OC[C@@H](O)[C@H](O)[C@H]2O)cc1Cc1ccc(/C=C/CC(=O)O)cc1. The Kier molecular flexibility index (Phi) is 6.82. The van der Waals surface area contributed by atoms with Crippen molar-refractivity contribution in [1.82, 2.24) is 0 Å². The van der Waals surface area contributed by atoms with Gasteiger partial charge in [-0.15, -0.1) is 0 Å². The number of benzene rings is 2. The average molecular weight is 398 g/mol. The maximum absolute atomic E-state index is 10.6. The van der Waals surface area contributed by atoms with Gasteiger partial charge >= 0.3 is 5.97 Å². The molecule has 1 aliphatic rings. The fourth-order valence-electron chi connectivity index (χ4n) is 3.42. The molecule has 0 amide bonds. The third-order valence-corrected chi connectivity index (χ3v) is 5.18. The van der Waals surface area contributed by atoms with Gasteiger partial charge in [-0.1, -0.05) is 54.6 Å². The molecule has 0 unspecified atom stereocenters. The Balaban J connectivity index is 1.74. The van der Waals surface area contributed by atoms with Gasteiger partial charge in [0.1, 0.15) is 24.4 Å². The summed E-state index contributed by atoms with van der Waals surface area (Å²) in [6.07, 6.45) is -0.117. The fraction of sp³-hybridized carbons (Fsp3) is 0.348. The van der Waals surface area contributed by atoms with E-state index in [1.165, 1.54) is 0 Å². The van der Waals surface area contributed by atoms with Crippen LogP contribution in [0.15, 0.2) is 48.5 Å². The normalized spacial score (nSPS) is 24.7. The lowest BCUT2D eigenvalue weighted by molar-refractivity contribution is -0.189. The van der Waals surface area contributed by atoms with Crippen molar-refractivity contribution in [2.75, 3.05) is 6.61 Å². The van der Waals surface area contributed by atoms with Crippen LogP contribution in [-0.2, 0) is 16.0 Å². The number of aryl methyl sites for hydroxylation is 1. The first kappa shape index (κ1) is 21.2. The maximum Gasteiger partial charge on any atom is 0.307 e. The topological polar surface area (TPSA) is 107 Å². The summed E-state index contributed by atoms with van der Waals surface area (Å²) in [7, 11) is 0. The Morgan fingerprint density at radius 3 is 2.52 bits per heavy atom. The van der Waals surface area contributed by atoms with Crippen molar-refractivity contribution >= 4 is 12.0 Å². The number of carboxylic acid groups (broad SMARTS) is 1. The summed E-state index contributed by atoms with van der Waals surface area (Å²) in [6, 6.07) is 13.7. The number of hydrogen-bond donors (Lipinski definition) is 4. The number of rotatable bonds is 6. The van der Waals surface area contributed by atoms with Gasteiger partial charge in [-0.25, -0.2) is 0 Å². The van der Waals surface area contributed by atoms with Gasteiger partial charge in [0.2, 0.25) is 0 Å². The van der Waals surface area contributed by atoms with Gasteiger partial charge in [0.25, 0.3) is 0 Å². The molecule has 0 aliphatic carbocycles. The number of hydrogen-bond acceptors (Lipinski definition) is 5. The quantitative estimate of drug-likeness (QED) is 0.594. The number of carbonyl (C=O) groups is 1. The minimum atomic E-state index is -1.24. The zero-order chi connectivity index (χ0) is 21.0. The highest BCUT2D eigenvalue weighted by Gasteiger charge is 2.38. The largest absolute Gasteiger partial charge is 0.481 e. The van der Waals surface area contributed by atoms with E-state index in [1.54, 1.807) is 12.2 Å². The van der Waals surface area contributed by atoms with E-state index in [4.69, 9.17) is 9.84 Å². The van der Waals surface area contributed by atoms with Crippen molar-refractivity contribution in [2.45, 2.75) is 44.2 Å². The van der Waals surface area contributed by atoms with Crippen molar-refractivity contribution < 1.29 is 30.0 Å². The van der Waals surface area contributed by atoms with Crippen LogP contribution < -0.4 is 0 Å². The van der Waals surface area contributed by atoms with Gasteiger partial charge in [-0.2, -0.15) is 0 Å². The van der Waals surface area contributed by atoms with Crippen LogP contribution >= 0.6 is 0 Å². The van der Waals surface area contributed by atoms with Crippen LogP contribution in [0.25, 0.3) is 6.08 Å². The van der Waals surface area contributed by atoms with E-state index in [9.17, 15) is 20.1 Å². The molecule has 0 radical (unpaired) electrons. The molecule has 29 heavy (non-hydrogen) atoms. The molecule has 2 aromatic rings. The third-order valence-electron chi connectivity index (χ3n) is 5.18. The monoisotopic (exact) mass is 398 g/mol. The molecular weight excluding hydrogens is 372 g/mol. The fourth-order valence-corrected chi connectivity index (χ4v) is 3.42. The second kappa shape index (κ2) is 9.33. The predicted molar refractivity (Wildman–Crippen MR) is 108 cm³/mol. The third kappa shape index (κ3) is 5.31. The smallest absolute Gasteiger partial charge is 0.307 e. The highest BCUT2D eigenvalue weighted by molar-refractivity contribution is 5.70. The summed E-state index contributed by atoms with van der Waals surface area (Å²) in [6.45, 7) is 1.99. The minimum absolute atomic E-state index is 0.00540. The van der Waals surface area contributed by atoms with Crippen LogP contribution in [0.5, 0.6) is 0 Å². The Morgan fingerprint density at radius 1 is 1.10 bits per heavy atom. The van der Waals surface area contributed by atoms with Gasteiger partial charge < -0.3 is 25.2 Å². The molecule has 6 nitrogen and oxygen atoms in total. The van der Waals surface area contributed by atoms with E-state index in [0.717, 1.165) is 27.8 Å². The molecule has 4 atom stereocenters. The average Bonchev–Trinajstić information content (AvgIpc) is 2.69. The summed E-state index contributed by atoms with van der Waals surface area (Å²) in [5.41, 5.74) is 4.98. The summed E-state index contributed by atoms with van der Waals surface area (Å²) in [5.74, 6) is -0.859. The van der Waals surface area contributed by atoms with E-state index in [0.29, 0.717) is 6.42 Å². The van der Waals surface area contributed by atoms with Crippen molar-refractivity contribution in [2.24, 2.45) is 0 Å². The van der Waals surface area contributed by atoms with Crippen molar-refractivity contribution in [1.29, 1.82) is 0 Å². The van der Waals surface area contributed by atoms with Gasteiger partial charge in [0, 0.05) is 0 Å². The summed E-state index contributed by atoms with van der Waals surface area (Å²) >= 11 is 0. The molecule has 1 heterocycles. The highest BCUT2D eigenvalue weighted by atomic mass is 16.5. The second-order valence-electron chi connectivity index (χ2n) is 7.41. The Bertz CT molecular complexity index is 873. The van der Waals surface area contributed by atoms with Crippen molar-refractivity contribution in [3.63, 3.8) is 0 Å². The van der Waals surface area contributed by atoms with Crippen LogP contribution in [0, 0.1) is 6.92 Å². The molecule has 1 saturated heterocycles. The summed E-state index contributed by atoms with van der Waals surface area (Å²) in [5, 5.41) is 38.5. The number of aliphatic carboxylic acids is 1. The first-order valence-corrected chi connectivity index (χ1v) is 9.57. The first-order valence-electron chi connectivity index (χ1n) is 9.57. The van der Waals surface area contributed by atoms with E-state index in [-0.39, 0.29) is 13.0 Å². The molecule has 1 aliphatic heterocycles. The Labute approximate surface area is 169 Å². The minimum Gasteiger partial charge on any atom is -0.481 e. The number of aliphatic hydroxyl groups is 3. The first-order chi connectivity index (χ1) is 13.8. The lowest BCUT2D eigenvalue weighted by Gasteiger charge is -2.35. The molecule has 154 valence electrons. The Morgan fingerprint density at radius 2 is 1.83 bits per heavy atom. The van der Waals surface area contributed by atoms with Gasteiger partial charge in [0.15, 0.2) is 0 Å². The predicted octanol–water partition coefficient (Wildman–Crippen LogP) is 2.23. The maximum atomic E-state index is 10.6. The lowest BCUT2D eigenvalue weighted by Crippen LogP contribution is -2.49. The molecule has 0 aromatic heterocycles. The van der Waals surface area contributed by atoms with Crippen LogP contribution in [0.2, 0.25) is 0 Å². The summed E-state index contributed by atoms with van der Waals surface area (Å²) < 4.78 is 5.56. The standard InChI is InChI=1S/C23H26O6/c1-14-5-10-17(23-22(28)21(27)19(24)13-29-23)12-18(14)11-16-8-6-15(7-9-16)3-2-4-20(25)26/h2-3,5-10,12,19,21-24,27-28H,4,11,13H2,1H3,(H,25,26)/b3-2+/t19-,21+,22-,23+/m1/s1. The Hall–Kier alpha value is -2.51. The van der Waals surface area contributed by atoms with Crippen LogP contribution in [-0.4, -0.2) is 51.3 Å². The molecule has 4 N–H and O–H groups in total. The van der Waals surface area contributed by atoms with Crippen molar-refractivity contribution in [3.8, 4) is 0 Å². The molecule has 6 heteroatoms. The number of aliphatic hydroxyl groups excluding tert-OH is 3. The van der Waals surface area contributed by atoms with Gasteiger partial charge in [-0.05, 0) is 41.2 Å². The molecule has 0 saturated carbocycles. The van der Waals surface area contributed by atoms with E-state index in [2.05, 4.69) is 0 Å². The zero-order valence-corrected chi connectivity index (χ0v) is 16.2. The molecular formula is C23H26O6. The van der Waals surface area contributed by atoms with E-state index in [1.807, 2.05) is 49.4 Å². The van der Waals surface area contributed by atoms with Crippen molar-refractivity contribution in [3.05, 3.63) is 76.4 Å². The summed E-state index contributed by atoms with van der Waals surface area (Å²) in [4.78, 5) is 10.6. The molecule has 3 rings (SSSR count). The van der Waals surface area contributed by atoms with Crippen LogP contribution in [0.3, 0.4) is 0 Å². The zero-order valence-electron chi connectivity index (χ0n) is 16.2.